The molecule has 5 atom stereocenters. The summed E-state index contributed by atoms with van der Waals surface area (Å²) in [5.74, 6) is -4.29. The predicted octanol–water partition coefficient (Wildman–Crippen LogP) is 2.69. The molecule has 0 aromatic rings. The third-order valence-electron chi connectivity index (χ3n) is 6.86. The molecule has 2 saturated heterocycles. The van der Waals surface area contributed by atoms with Crippen LogP contribution in [-0.2, 0) is 47.7 Å². The van der Waals surface area contributed by atoms with Crippen molar-refractivity contribution in [3.63, 3.8) is 0 Å². The Morgan fingerprint density at radius 1 is 0.650 bits per heavy atom. The van der Waals surface area contributed by atoms with E-state index >= 15 is 0 Å². The van der Waals surface area contributed by atoms with Crippen LogP contribution in [0, 0.1) is 0 Å². The SMILES string of the molecule is CCCCC(=O)OC[C@@H]1[C@@H](OC(=O)CCCC)[C@H](OC(=O)CCCC)[C@H](OC(=O)CCCC)C2NC(=O)C(=O)N21. The molecule has 40 heavy (non-hydrogen) atoms. The van der Waals surface area contributed by atoms with E-state index in [2.05, 4.69) is 5.32 Å². The summed E-state index contributed by atoms with van der Waals surface area (Å²) in [4.78, 5) is 77.4. The molecule has 0 aliphatic carbocycles. The number of carbonyl (C=O) groups excluding carboxylic acids is 6. The number of unbranched alkanes of at least 4 members (excludes halogenated alkanes) is 4. The quantitative estimate of drug-likeness (QED) is 0.157. The molecule has 2 heterocycles. The van der Waals surface area contributed by atoms with E-state index in [1.807, 2.05) is 27.7 Å². The van der Waals surface area contributed by atoms with E-state index in [1.165, 1.54) is 0 Å². The van der Waals surface area contributed by atoms with Gasteiger partial charge in [0.2, 0.25) is 0 Å². The Morgan fingerprint density at radius 2 is 1.07 bits per heavy atom. The Hall–Kier alpha value is -3.18. The molecule has 2 aliphatic heterocycles. The maximum absolute atomic E-state index is 13.0. The minimum atomic E-state index is -1.36. The van der Waals surface area contributed by atoms with E-state index < -0.39 is 72.8 Å². The smallest absolute Gasteiger partial charge is 0.314 e. The summed E-state index contributed by atoms with van der Waals surface area (Å²) >= 11 is 0. The first-order chi connectivity index (χ1) is 19.2. The number of piperidine rings is 1. The van der Waals surface area contributed by atoms with Gasteiger partial charge in [0, 0.05) is 25.7 Å². The highest BCUT2D eigenvalue weighted by atomic mass is 16.6. The Morgan fingerprint density at radius 3 is 1.55 bits per heavy atom. The highest BCUT2D eigenvalue weighted by molar-refractivity contribution is 6.37. The monoisotopic (exact) mass is 568 g/mol. The topological polar surface area (TPSA) is 155 Å². The molecular formula is C28H44N2O10. The molecule has 0 aromatic heterocycles. The van der Waals surface area contributed by atoms with Gasteiger partial charge in [-0.2, -0.15) is 0 Å². The lowest BCUT2D eigenvalue weighted by molar-refractivity contribution is -0.219. The molecular weight excluding hydrogens is 524 g/mol. The van der Waals surface area contributed by atoms with E-state index in [4.69, 9.17) is 18.9 Å². The van der Waals surface area contributed by atoms with Crippen molar-refractivity contribution >= 4 is 35.7 Å². The molecule has 12 heteroatoms. The van der Waals surface area contributed by atoms with Crippen LogP contribution in [0.25, 0.3) is 0 Å². The summed E-state index contributed by atoms with van der Waals surface area (Å²) in [6, 6.07) is -1.16. The van der Waals surface area contributed by atoms with E-state index in [1.54, 1.807) is 0 Å². The minimum absolute atomic E-state index is 0.0576. The minimum Gasteiger partial charge on any atom is -0.463 e. The standard InChI is InChI=1S/C28H44N2O10/c1-5-9-13-19(31)37-17-18-23(38-20(32)14-10-6-2)24(39-21(33)15-11-7-3)25(40-22(34)16-12-8-4)26-29-27(35)28(36)30(18)26/h18,23-26H,5-17H2,1-4H3,(H,29,35)/t18-,23-,24+,25+,26?/m1/s1. The van der Waals surface area contributed by atoms with E-state index in [0.29, 0.717) is 25.7 Å². The zero-order valence-corrected chi connectivity index (χ0v) is 24.1. The first kappa shape index (κ1) is 33.0. The third-order valence-corrected chi connectivity index (χ3v) is 6.86. The van der Waals surface area contributed by atoms with Gasteiger partial charge in [-0.1, -0.05) is 53.4 Å². The number of rotatable bonds is 17. The van der Waals surface area contributed by atoms with Crippen LogP contribution in [0.3, 0.4) is 0 Å². The van der Waals surface area contributed by atoms with Crippen LogP contribution in [-0.4, -0.2) is 77.7 Å². The number of fused-ring (bicyclic) bond motifs is 1. The number of nitrogens with one attached hydrogen (secondary N) is 1. The zero-order valence-electron chi connectivity index (χ0n) is 24.1. The van der Waals surface area contributed by atoms with Gasteiger partial charge in [0.25, 0.3) is 0 Å². The second-order valence-corrected chi connectivity index (χ2v) is 10.2. The molecule has 0 aromatic carbocycles. The molecule has 0 bridgehead atoms. The van der Waals surface area contributed by atoms with E-state index in [-0.39, 0.29) is 25.7 Å². The van der Waals surface area contributed by atoms with Crippen molar-refractivity contribution in [1.82, 2.24) is 10.2 Å². The zero-order chi connectivity index (χ0) is 29.7. The van der Waals surface area contributed by atoms with E-state index in [0.717, 1.165) is 30.6 Å². The first-order valence-electron chi connectivity index (χ1n) is 14.5. The summed E-state index contributed by atoms with van der Waals surface area (Å²) in [6.45, 7) is 7.23. The Kier molecular flexibility index (Phi) is 13.9. The van der Waals surface area contributed by atoms with Gasteiger partial charge >= 0.3 is 35.7 Å². The highest BCUT2D eigenvalue weighted by Gasteiger charge is 2.61. The Labute approximate surface area is 235 Å². The van der Waals surface area contributed by atoms with Crippen molar-refractivity contribution in [1.29, 1.82) is 0 Å². The lowest BCUT2D eigenvalue weighted by atomic mass is 9.91. The lowest BCUT2D eigenvalue weighted by Gasteiger charge is -2.48. The normalized spacial score (nSPS) is 23.7. The number of ether oxygens (including phenoxy) is 4. The fourth-order valence-corrected chi connectivity index (χ4v) is 4.60. The molecule has 2 rings (SSSR count). The van der Waals surface area contributed by atoms with Crippen molar-refractivity contribution in [2.24, 2.45) is 0 Å². The second-order valence-electron chi connectivity index (χ2n) is 10.2. The fraction of sp³-hybridized carbons (Fsp3) is 0.786. The van der Waals surface area contributed by atoms with Gasteiger partial charge in [-0.3, -0.25) is 33.7 Å². The van der Waals surface area contributed by atoms with Gasteiger partial charge in [-0.15, -0.1) is 0 Å². The molecule has 0 radical (unpaired) electrons. The van der Waals surface area contributed by atoms with Gasteiger partial charge in [0.05, 0.1) is 0 Å². The molecule has 12 nitrogen and oxygen atoms in total. The third kappa shape index (κ3) is 9.19. The van der Waals surface area contributed by atoms with E-state index in [9.17, 15) is 28.8 Å². The Bertz CT molecular complexity index is 908. The van der Waals surface area contributed by atoms with Crippen LogP contribution in [0.4, 0.5) is 0 Å². The summed E-state index contributed by atoms with van der Waals surface area (Å²) in [6.07, 6.45) is 0.209. The maximum Gasteiger partial charge on any atom is 0.314 e. The van der Waals surface area contributed by atoms with Crippen LogP contribution in [0.2, 0.25) is 0 Å². The van der Waals surface area contributed by atoms with Gasteiger partial charge in [0.15, 0.2) is 18.3 Å². The largest absolute Gasteiger partial charge is 0.463 e. The van der Waals surface area contributed by atoms with Crippen LogP contribution < -0.4 is 5.32 Å². The molecule has 1 N–H and O–H groups in total. The number of nitrogens with zero attached hydrogens (tertiary/aromatic N) is 1. The lowest BCUT2D eigenvalue weighted by Crippen LogP contribution is -2.70. The van der Waals surface area contributed by atoms with Gasteiger partial charge in [-0.25, -0.2) is 0 Å². The number of amides is 2. The molecule has 2 fully saturated rings. The van der Waals surface area contributed by atoms with Crippen molar-refractivity contribution in [3.05, 3.63) is 0 Å². The summed E-state index contributed by atoms with van der Waals surface area (Å²) in [5, 5.41) is 2.51. The fourth-order valence-electron chi connectivity index (χ4n) is 4.60. The van der Waals surface area contributed by atoms with Crippen LogP contribution in [0.1, 0.15) is 105 Å². The summed E-state index contributed by atoms with van der Waals surface area (Å²) in [5.41, 5.74) is 0. The number of esters is 4. The number of carbonyl (C=O) groups is 6. The van der Waals surface area contributed by atoms with Crippen molar-refractivity contribution < 1.29 is 47.7 Å². The molecule has 1 unspecified atom stereocenters. The van der Waals surface area contributed by atoms with Crippen molar-refractivity contribution in [2.75, 3.05) is 6.61 Å². The van der Waals surface area contributed by atoms with Crippen LogP contribution in [0.5, 0.6) is 0 Å². The van der Waals surface area contributed by atoms with Gasteiger partial charge in [0.1, 0.15) is 18.8 Å². The number of hydrogen-bond donors (Lipinski definition) is 1. The summed E-state index contributed by atoms with van der Waals surface area (Å²) < 4.78 is 22.7. The molecule has 2 aliphatic rings. The highest BCUT2D eigenvalue weighted by Crippen LogP contribution is 2.34. The van der Waals surface area contributed by atoms with Crippen molar-refractivity contribution in [2.45, 2.75) is 135 Å². The molecule has 0 spiro atoms. The van der Waals surface area contributed by atoms with Crippen molar-refractivity contribution in [3.8, 4) is 0 Å². The maximum atomic E-state index is 13.0. The summed E-state index contributed by atoms with van der Waals surface area (Å²) in [7, 11) is 0. The van der Waals surface area contributed by atoms with Gasteiger partial charge < -0.3 is 24.3 Å². The molecule has 2 amide bonds. The van der Waals surface area contributed by atoms with Crippen LogP contribution >= 0.6 is 0 Å². The average Bonchev–Trinajstić information content (AvgIpc) is 3.23. The van der Waals surface area contributed by atoms with Gasteiger partial charge in [-0.05, 0) is 25.7 Å². The molecule has 226 valence electrons. The molecule has 0 saturated carbocycles. The number of hydrogen-bond acceptors (Lipinski definition) is 10. The second kappa shape index (κ2) is 16.8. The average molecular weight is 569 g/mol. The predicted molar refractivity (Wildman–Crippen MR) is 141 cm³/mol. The Balaban J connectivity index is 2.51. The van der Waals surface area contributed by atoms with Crippen LogP contribution in [0.15, 0.2) is 0 Å². The first-order valence-corrected chi connectivity index (χ1v) is 14.5.